The van der Waals surface area contributed by atoms with Gasteiger partial charge in [-0.2, -0.15) is 0 Å². The Kier molecular flexibility index (Phi) is 7.09. The number of nitrogens with one attached hydrogen (secondary N) is 2. The summed E-state index contributed by atoms with van der Waals surface area (Å²) in [7, 11) is 0. The van der Waals surface area contributed by atoms with E-state index in [1.165, 1.54) is 5.56 Å². The average Bonchev–Trinajstić information content (AvgIpc) is 3.07. The summed E-state index contributed by atoms with van der Waals surface area (Å²) in [6.45, 7) is 2.15. The predicted molar refractivity (Wildman–Crippen MR) is 135 cm³/mol. The van der Waals surface area contributed by atoms with E-state index in [2.05, 4.69) is 17.6 Å². The minimum atomic E-state index is -0.600. The van der Waals surface area contributed by atoms with E-state index in [4.69, 9.17) is 11.6 Å². The van der Waals surface area contributed by atoms with Gasteiger partial charge in [-0.25, -0.2) is 4.90 Å². The van der Waals surface area contributed by atoms with Crippen LogP contribution in [0.4, 0.5) is 17.1 Å². The van der Waals surface area contributed by atoms with E-state index < -0.39 is 11.8 Å². The Labute approximate surface area is 203 Å². The first-order valence-electron chi connectivity index (χ1n) is 11.1. The maximum Gasteiger partial charge on any atom is 0.283 e. The number of para-hydroxylation sites is 1. The number of anilines is 3. The van der Waals surface area contributed by atoms with Crippen LogP contribution in [0.2, 0.25) is 0 Å². The van der Waals surface area contributed by atoms with Gasteiger partial charge in [0.25, 0.3) is 17.7 Å². The number of carbonyl (C=O) groups excluding carboxylic acids is 3. The first-order valence-corrected chi connectivity index (χ1v) is 11.5. The van der Waals surface area contributed by atoms with Gasteiger partial charge >= 0.3 is 0 Å². The van der Waals surface area contributed by atoms with Gasteiger partial charge in [0.15, 0.2) is 0 Å². The second kappa shape index (κ2) is 10.4. The highest BCUT2D eigenvalue weighted by atomic mass is 35.5. The molecule has 3 aromatic rings. The van der Waals surface area contributed by atoms with Crippen molar-refractivity contribution in [3.05, 3.63) is 101 Å². The molecular weight excluding hydrogens is 450 g/mol. The first kappa shape index (κ1) is 23.3. The van der Waals surface area contributed by atoms with Crippen molar-refractivity contribution in [3.63, 3.8) is 0 Å². The van der Waals surface area contributed by atoms with Crippen LogP contribution in [0.15, 0.2) is 89.6 Å². The highest BCUT2D eigenvalue weighted by molar-refractivity contribution is 6.53. The van der Waals surface area contributed by atoms with Crippen LogP contribution < -0.4 is 15.5 Å². The number of amides is 3. The molecule has 0 radical (unpaired) electrons. The fourth-order valence-electron chi connectivity index (χ4n) is 3.64. The van der Waals surface area contributed by atoms with Crippen LogP contribution in [0.1, 0.15) is 35.7 Å². The molecule has 1 heterocycles. The van der Waals surface area contributed by atoms with E-state index in [9.17, 15) is 14.4 Å². The van der Waals surface area contributed by atoms with Crippen LogP contribution in [0.25, 0.3) is 0 Å². The predicted octanol–water partition coefficient (Wildman–Crippen LogP) is 5.72. The van der Waals surface area contributed by atoms with Crippen molar-refractivity contribution in [1.82, 2.24) is 0 Å². The Morgan fingerprint density at radius 3 is 2.32 bits per heavy atom. The fourth-order valence-corrected chi connectivity index (χ4v) is 3.86. The number of nitrogens with zero attached hydrogens (tertiary/aromatic N) is 1. The van der Waals surface area contributed by atoms with E-state index >= 15 is 0 Å². The van der Waals surface area contributed by atoms with Crippen LogP contribution in [-0.4, -0.2) is 17.7 Å². The number of hydrogen-bond acceptors (Lipinski definition) is 4. The van der Waals surface area contributed by atoms with Gasteiger partial charge < -0.3 is 10.6 Å². The maximum absolute atomic E-state index is 12.9. The summed E-state index contributed by atoms with van der Waals surface area (Å²) >= 11 is 6.20. The summed E-state index contributed by atoms with van der Waals surface area (Å²) in [5, 5.41) is 5.59. The van der Waals surface area contributed by atoms with Gasteiger partial charge in [-0.15, -0.1) is 0 Å². The van der Waals surface area contributed by atoms with Gasteiger partial charge in [-0.05, 0) is 60.9 Å². The molecule has 3 amide bonds. The lowest BCUT2D eigenvalue weighted by Gasteiger charge is -2.15. The zero-order chi connectivity index (χ0) is 24.1. The summed E-state index contributed by atoms with van der Waals surface area (Å²) < 4.78 is 0. The molecular formula is C27H24ClN3O3. The molecule has 0 aliphatic carbocycles. The van der Waals surface area contributed by atoms with Gasteiger partial charge in [-0.1, -0.05) is 61.3 Å². The molecule has 172 valence electrons. The SMILES string of the molecule is CCCCc1ccc(NC(=O)c2cccc(NC3=C(Cl)C(=O)N(c4ccccc4)C3=O)c2)cc1. The Hall–Kier alpha value is -3.90. The molecule has 0 spiro atoms. The molecule has 0 unspecified atom stereocenters. The van der Waals surface area contributed by atoms with Crippen molar-refractivity contribution in [2.75, 3.05) is 15.5 Å². The molecule has 2 N–H and O–H groups in total. The number of imide groups is 1. The molecule has 7 heteroatoms. The molecule has 6 nitrogen and oxygen atoms in total. The smallest absolute Gasteiger partial charge is 0.283 e. The molecule has 0 atom stereocenters. The molecule has 4 rings (SSSR count). The molecule has 1 aliphatic heterocycles. The standard InChI is InChI=1S/C27H24ClN3O3/c1-2-3-8-18-13-15-20(16-14-18)30-25(32)19-9-7-10-21(17-19)29-24-23(28)26(33)31(27(24)34)22-11-5-4-6-12-22/h4-7,9-17,29H,2-3,8H2,1H3,(H,30,32). The van der Waals surface area contributed by atoms with Gasteiger partial charge in [0, 0.05) is 16.9 Å². The second-order valence-electron chi connectivity index (χ2n) is 7.93. The van der Waals surface area contributed by atoms with Gasteiger partial charge in [0.05, 0.1) is 5.69 Å². The van der Waals surface area contributed by atoms with E-state index in [1.807, 2.05) is 24.3 Å². The van der Waals surface area contributed by atoms with Crippen LogP contribution in [0.3, 0.4) is 0 Å². The lowest BCUT2D eigenvalue weighted by atomic mass is 10.1. The minimum Gasteiger partial charge on any atom is -0.350 e. The van der Waals surface area contributed by atoms with E-state index in [-0.39, 0.29) is 16.6 Å². The normalized spacial score (nSPS) is 13.4. The molecule has 34 heavy (non-hydrogen) atoms. The molecule has 0 bridgehead atoms. The van der Waals surface area contributed by atoms with Gasteiger partial charge in [0.2, 0.25) is 0 Å². The monoisotopic (exact) mass is 473 g/mol. The third-order valence-corrected chi connectivity index (χ3v) is 5.82. The van der Waals surface area contributed by atoms with Crippen molar-refractivity contribution in [1.29, 1.82) is 0 Å². The number of unbranched alkanes of at least 4 members (excludes halogenated alkanes) is 1. The van der Waals surface area contributed by atoms with Gasteiger partial charge in [0.1, 0.15) is 10.7 Å². The number of carbonyl (C=O) groups is 3. The highest BCUT2D eigenvalue weighted by Crippen LogP contribution is 2.30. The quantitative estimate of drug-likeness (QED) is 0.410. The zero-order valence-corrected chi connectivity index (χ0v) is 19.4. The molecule has 3 aromatic carbocycles. The second-order valence-corrected chi connectivity index (χ2v) is 8.31. The Morgan fingerprint density at radius 1 is 0.882 bits per heavy atom. The minimum absolute atomic E-state index is 0.0317. The van der Waals surface area contributed by atoms with Crippen LogP contribution in [0.5, 0.6) is 0 Å². The third-order valence-electron chi connectivity index (χ3n) is 5.47. The summed E-state index contributed by atoms with van der Waals surface area (Å²) in [4.78, 5) is 39.3. The topological polar surface area (TPSA) is 78.5 Å². The van der Waals surface area contributed by atoms with Crippen LogP contribution >= 0.6 is 11.6 Å². The maximum atomic E-state index is 12.9. The highest BCUT2D eigenvalue weighted by Gasteiger charge is 2.38. The van der Waals surface area contributed by atoms with Crippen molar-refractivity contribution in [2.45, 2.75) is 26.2 Å². The molecule has 1 aliphatic rings. The van der Waals surface area contributed by atoms with Crippen LogP contribution in [-0.2, 0) is 16.0 Å². The molecule has 0 saturated carbocycles. The molecule has 0 aromatic heterocycles. The summed E-state index contributed by atoms with van der Waals surface area (Å²) in [6, 6.07) is 23.0. The van der Waals surface area contributed by atoms with E-state index in [0.717, 1.165) is 24.2 Å². The fraction of sp³-hybridized carbons (Fsp3) is 0.148. The van der Waals surface area contributed by atoms with E-state index in [1.54, 1.807) is 54.6 Å². The number of aryl methyl sites for hydroxylation is 1. The lowest BCUT2D eigenvalue weighted by molar-refractivity contribution is -0.120. The third kappa shape index (κ3) is 5.02. The number of hydrogen-bond donors (Lipinski definition) is 2. The van der Waals surface area contributed by atoms with Crippen molar-refractivity contribution in [3.8, 4) is 0 Å². The van der Waals surface area contributed by atoms with E-state index in [0.29, 0.717) is 22.6 Å². The lowest BCUT2D eigenvalue weighted by Crippen LogP contribution is -2.32. The summed E-state index contributed by atoms with van der Waals surface area (Å²) in [6.07, 6.45) is 3.28. The zero-order valence-electron chi connectivity index (χ0n) is 18.7. The van der Waals surface area contributed by atoms with Crippen molar-refractivity contribution >= 4 is 46.4 Å². The molecule has 0 saturated heterocycles. The first-order chi connectivity index (χ1) is 16.5. The summed E-state index contributed by atoms with van der Waals surface area (Å²) in [5.41, 5.74) is 3.19. The van der Waals surface area contributed by atoms with Gasteiger partial charge in [-0.3, -0.25) is 14.4 Å². The number of rotatable bonds is 8. The average molecular weight is 474 g/mol. The number of halogens is 1. The molecule has 0 fully saturated rings. The van der Waals surface area contributed by atoms with Crippen molar-refractivity contribution in [2.24, 2.45) is 0 Å². The largest absolute Gasteiger partial charge is 0.350 e. The number of benzene rings is 3. The Morgan fingerprint density at radius 2 is 1.62 bits per heavy atom. The Balaban J connectivity index is 1.47. The van der Waals surface area contributed by atoms with Crippen molar-refractivity contribution < 1.29 is 14.4 Å². The van der Waals surface area contributed by atoms with Crippen LogP contribution in [0, 0.1) is 0 Å². The summed E-state index contributed by atoms with van der Waals surface area (Å²) in [5.74, 6) is -1.44. The Bertz CT molecular complexity index is 1250.